The normalized spacial score (nSPS) is 32.6. The summed E-state index contributed by atoms with van der Waals surface area (Å²) < 4.78 is 10.3. The van der Waals surface area contributed by atoms with Crippen LogP contribution in [0, 0.1) is 28.6 Å². The maximum atomic E-state index is 13.4. The molecule has 1 aliphatic carbocycles. The second-order valence-electron chi connectivity index (χ2n) is 9.78. The lowest BCUT2D eigenvalue weighted by Gasteiger charge is -2.37. The van der Waals surface area contributed by atoms with Crippen LogP contribution < -0.4 is 5.32 Å². The van der Waals surface area contributed by atoms with Crippen LogP contribution in [-0.2, 0) is 23.9 Å². The number of methoxy groups -OCH3 is 1. The zero-order valence-corrected chi connectivity index (χ0v) is 17.2. The van der Waals surface area contributed by atoms with Crippen LogP contribution in [0.2, 0.25) is 0 Å². The number of amides is 2. The molecule has 0 bridgehead atoms. The molecule has 2 aliphatic heterocycles. The quantitative estimate of drug-likeness (QED) is 0.741. The summed E-state index contributed by atoms with van der Waals surface area (Å²) in [6, 6.07) is -1.27. The Kier molecular flexibility index (Phi) is 5.04. The van der Waals surface area contributed by atoms with Crippen LogP contribution in [0.3, 0.4) is 0 Å². The van der Waals surface area contributed by atoms with Crippen molar-refractivity contribution in [3.05, 3.63) is 0 Å². The van der Waals surface area contributed by atoms with Gasteiger partial charge in [0.1, 0.15) is 12.1 Å². The van der Waals surface area contributed by atoms with Gasteiger partial charge in [-0.05, 0) is 23.2 Å². The van der Waals surface area contributed by atoms with E-state index < -0.39 is 17.5 Å². The molecule has 0 unspecified atom stereocenters. The molecular weight excluding hydrogens is 348 g/mol. The highest BCUT2D eigenvalue weighted by Crippen LogP contribution is 2.65. The van der Waals surface area contributed by atoms with Crippen molar-refractivity contribution in [3.8, 4) is 0 Å². The highest BCUT2D eigenvalue weighted by Gasteiger charge is 2.70. The number of esters is 1. The molecule has 2 heterocycles. The number of ether oxygens (including phenoxy) is 2. The summed E-state index contributed by atoms with van der Waals surface area (Å²) in [7, 11) is 1.36. The summed E-state index contributed by atoms with van der Waals surface area (Å²) in [6.45, 7) is 11.5. The fraction of sp³-hybridized carbons (Fsp3) is 0.850. The Bertz CT molecular complexity index is 633. The van der Waals surface area contributed by atoms with Crippen LogP contribution in [0.5, 0.6) is 0 Å². The molecule has 1 saturated carbocycles. The monoisotopic (exact) mass is 380 g/mol. The summed E-state index contributed by atoms with van der Waals surface area (Å²) in [5.41, 5.74) is -0.438. The van der Waals surface area contributed by atoms with E-state index in [1.54, 1.807) is 4.90 Å². The van der Waals surface area contributed by atoms with E-state index in [9.17, 15) is 14.4 Å². The van der Waals surface area contributed by atoms with Gasteiger partial charge in [-0.1, -0.05) is 34.6 Å². The number of rotatable bonds is 4. The molecule has 7 nitrogen and oxygen atoms in total. The minimum Gasteiger partial charge on any atom is -0.467 e. The molecule has 3 fully saturated rings. The van der Waals surface area contributed by atoms with E-state index in [4.69, 9.17) is 9.47 Å². The molecule has 152 valence electrons. The number of nitrogens with one attached hydrogen (secondary N) is 1. The van der Waals surface area contributed by atoms with Gasteiger partial charge in [0.15, 0.2) is 0 Å². The molecule has 3 rings (SSSR count). The molecule has 3 aliphatic rings. The van der Waals surface area contributed by atoms with E-state index >= 15 is 0 Å². The van der Waals surface area contributed by atoms with E-state index in [2.05, 4.69) is 19.2 Å². The summed E-state index contributed by atoms with van der Waals surface area (Å²) >= 11 is 0. The van der Waals surface area contributed by atoms with Crippen LogP contribution in [0.25, 0.3) is 0 Å². The number of carbonyl (C=O) groups excluding carboxylic acids is 3. The summed E-state index contributed by atoms with van der Waals surface area (Å²) in [4.78, 5) is 40.1. The molecule has 0 aromatic heterocycles. The molecular formula is C20H32N2O5. The van der Waals surface area contributed by atoms with Gasteiger partial charge in [-0.2, -0.15) is 0 Å². The predicted octanol–water partition coefficient (Wildman–Crippen LogP) is 1.21. The van der Waals surface area contributed by atoms with Gasteiger partial charge in [0.05, 0.1) is 19.6 Å². The third-order valence-corrected chi connectivity index (χ3v) is 6.63. The Morgan fingerprint density at radius 3 is 2.44 bits per heavy atom. The highest BCUT2D eigenvalue weighted by molar-refractivity contribution is 5.93. The molecule has 1 N–H and O–H groups in total. The van der Waals surface area contributed by atoms with Crippen LogP contribution in [0.1, 0.15) is 41.0 Å². The van der Waals surface area contributed by atoms with Gasteiger partial charge in [-0.25, -0.2) is 4.79 Å². The third-order valence-electron chi connectivity index (χ3n) is 6.63. The number of carbonyl (C=O) groups is 3. The first-order chi connectivity index (χ1) is 12.5. The number of fused-ring (bicyclic) bond motifs is 1. The smallest absolute Gasteiger partial charge is 0.328 e. The minimum absolute atomic E-state index is 0.0390. The van der Waals surface area contributed by atoms with Crippen LogP contribution in [0.15, 0.2) is 0 Å². The summed E-state index contributed by atoms with van der Waals surface area (Å²) in [5, 5.41) is 2.94. The lowest BCUT2D eigenvalue weighted by molar-refractivity contribution is -0.155. The lowest BCUT2D eigenvalue weighted by atomic mass is 9.84. The molecule has 0 radical (unpaired) electrons. The van der Waals surface area contributed by atoms with Crippen molar-refractivity contribution in [1.82, 2.24) is 10.2 Å². The molecule has 27 heavy (non-hydrogen) atoms. The van der Waals surface area contributed by atoms with Gasteiger partial charge in [0, 0.05) is 19.1 Å². The van der Waals surface area contributed by atoms with Crippen molar-refractivity contribution in [1.29, 1.82) is 0 Å². The Morgan fingerprint density at radius 1 is 1.26 bits per heavy atom. The fourth-order valence-corrected chi connectivity index (χ4v) is 4.72. The zero-order valence-electron chi connectivity index (χ0n) is 17.2. The van der Waals surface area contributed by atoms with Crippen molar-refractivity contribution in [3.63, 3.8) is 0 Å². The van der Waals surface area contributed by atoms with Crippen LogP contribution in [0.4, 0.5) is 0 Å². The molecule has 0 aromatic carbocycles. The SMILES string of the molecule is COC(=O)[C@@H]1[C@@H]2[C@H](CN1C(=O)[C@@H](NC(=O)[C@@H]1CCOC1)C(C)(C)C)C2(C)C. The van der Waals surface area contributed by atoms with E-state index in [-0.39, 0.29) is 35.0 Å². The van der Waals surface area contributed by atoms with E-state index in [0.717, 1.165) is 0 Å². The summed E-state index contributed by atoms with van der Waals surface area (Å²) in [6.07, 6.45) is 0.670. The van der Waals surface area contributed by atoms with Crippen LogP contribution in [-0.4, -0.2) is 61.6 Å². The zero-order chi connectivity index (χ0) is 20.1. The molecule has 2 saturated heterocycles. The first-order valence-corrected chi connectivity index (χ1v) is 9.76. The van der Waals surface area contributed by atoms with E-state index in [1.807, 2.05) is 20.8 Å². The Morgan fingerprint density at radius 2 is 1.93 bits per heavy atom. The molecule has 0 spiro atoms. The number of hydrogen-bond acceptors (Lipinski definition) is 5. The average molecular weight is 380 g/mol. The van der Waals surface area contributed by atoms with Gasteiger partial charge in [-0.15, -0.1) is 0 Å². The average Bonchev–Trinajstić information content (AvgIpc) is 3.06. The maximum absolute atomic E-state index is 13.4. The Balaban J connectivity index is 1.79. The Labute approximate surface area is 161 Å². The number of nitrogens with zero attached hydrogens (tertiary/aromatic N) is 1. The van der Waals surface area contributed by atoms with Gasteiger partial charge < -0.3 is 19.7 Å². The van der Waals surface area contributed by atoms with Crippen LogP contribution >= 0.6 is 0 Å². The fourth-order valence-electron chi connectivity index (χ4n) is 4.72. The molecule has 2 amide bonds. The van der Waals surface area contributed by atoms with Crippen molar-refractivity contribution >= 4 is 17.8 Å². The van der Waals surface area contributed by atoms with Crippen molar-refractivity contribution in [2.24, 2.45) is 28.6 Å². The maximum Gasteiger partial charge on any atom is 0.328 e. The van der Waals surface area contributed by atoms with E-state index in [0.29, 0.717) is 32.1 Å². The molecule has 0 aromatic rings. The van der Waals surface area contributed by atoms with E-state index in [1.165, 1.54) is 7.11 Å². The third kappa shape index (κ3) is 3.46. The summed E-state index contributed by atoms with van der Waals surface area (Å²) in [5.74, 6) is -0.527. The first-order valence-electron chi connectivity index (χ1n) is 9.76. The number of likely N-dealkylation sites (tertiary alicyclic amines) is 1. The van der Waals surface area contributed by atoms with Gasteiger partial charge >= 0.3 is 5.97 Å². The topological polar surface area (TPSA) is 84.9 Å². The Hall–Kier alpha value is -1.63. The highest BCUT2D eigenvalue weighted by atomic mass is 16.5. The standard InChI is InChI=1S/C20H32N2O5/c1-19(2,3)15(21-16(23)11-7-8-27-10-11)17(24)22-9-12-13(20(12,4)5)14(22)18(25)26-6/h11-15H,7-10H2,1-6H3,(H,21,23)/t11-,12+,13+,14+,15-/m1/s1. The minimum atomic E-state index is -0.696. The largest absolute Gasteiger partial charge is 0.467 e. The van der Waals surface area contributed by atoms with Gasteiger partial charge in [-0.3, -0.25) is 9.59 Å². The number of piperidine rings is 1. The van der Waals surface area contributed by atoms with Crippen molar-refractivity contribution < 1.29 is 23.9 Å². The van der Waals surface area contributed by atoms with Crippen molar-refractivity contribution in [2.75, 3.05) is 26.9 Å². The molecule has 5 atom stereocenters. The van der Waals surface area contributed by atoms with Gasteiger partial charge in [0.2, 0.25) is 11.8 Å². The predicted molar refractivity (Wildman–Crippen MR) is 98.6 cm³/mol. The van der Waals surface area contributed by atoms with Gasteiger partial charge in [0.25, 0.3) is 0 Å². The number of hydrogen-bond donors (Lipinski definition) is 1. The second kappa shape index (κ2) is 6.76. The molecule has 7 heteroatoms. The first kappa shape index (κ1) is 20.1. The second-order valence-corrected chi connectivity index (χ2v) is 9.78. The lowest BCUT2D eigenvalue weighted by Crippen LogP contribution is -2.59. The van der Waals surface area contributed by atoms with Crippen molar-refractivity contribution in [2.45, 2.75) is 53.1 Å².